The van der Waals surface area contributed by atoms with Gasteiger partial charge in [0.15, 0.2) is 18.3 Å². The highest BCUT2D eigenvalue weighted by Gasteiger charge is 2.54. The van der Waals surface area contributed by atoms with Gasteiger partial charge in [0.05, 0.1) is 52.3 Å². The van der Waals surface area contributed by atoms with Crippen LogP contribution in [-0.2, 0) is 37.1 Å². The second kappa shape index (κ2) is 18.4. The lowest BCUT2D eigenvalue weighted by molar-refractivity contribution is -0.163. The van der Waals surface area contributed by atoms with Crippen LogP contribution >= 0.6 is 0 Å². The first-order chi connectivity index (χ1) is 16.9. The smallest absolute Gasteiger partial charge is 0.453 e. The summed E-state index contributed by atoms with van der Waals surface area (Å²) in [5.74, 6) is -4.75. The van der Waals surface area contributed by atoms with Crippen molar-refractivity contribution < 1.29 is 83.1 Å². The average Bonchev–Trinajstić information content (AvgIpc) is 2.86. The molecule has 0 aromatic carbocycles. The van der Waals surface area contributed by atoms with Gasteiger partial charge >= 0.3 is 26.7 Å². The number of carbonyl (C=O) groups is 3. The van der Waals surface area contributed by atoms with Gasteiger partial charge in [-0.1, -0.05) is 0 Å². The molecule has 0 heterocycles. The third kappa shape index (κ3) is 13.5. The van der Waals surface area contributed by atoms with E-state index in [-0.39, 0.29) is 32.8 Å². The van der Waals surface area contributed by atoms with E-state index in [2.05, 4.69) is 0 Å². The van der Waals surface area contributed by atoms with Gasteiger partial charge in [0.1, 0.15) is 12.2 Å². The molecule has 18 heteroatoms. The van der Waals surface area contributed by atoms with Gasteiger partial charge in [-0.25, -0.2) is 0 Å². The Kier molecular flexibility index (Phi) is 17.5. The molecule has 0 aliphatic carbocycles. The van der Waals surface area contributed by atoms with Crippen molar-refractivity contribution in [1.82, 2.24) is 0 Å². The van der Waals surface area contributed by atoms with Crippen molar-refractivity contribution in [1.29, 1.82) is 0 Å². The largest absolute Gasteiger partial charge is 0.705 e. The van der Waals surface area contributed by atoms with Crippen LogP contribution in [0.2, 0.25) is 6.04 Å². The Labute approximate surface area is 206 Å². The van der Waals surface area contributed by atoms with E-state index in [0.717, 1.165) is 0 Å². The molecule has 212 valence electrons. The van der Waals surface area contributed by atoms with Crippen LogP contribution in [0.15, 0.2) is 0 Å². The van der Waals surface area contributed by atoms with Crippen LogP contribution in [0.3, 0.4) is 0 Å². The molecule has 0 aromatic heterocycles. The van der Waals surface area contributed by atoms with Gasteiger partial charge in [0.25, 0.3) is 0 Å². The molecule has 0 fully saturated rings. The first-order valence-electron chi connectivity index (χ1n) is 10.6. The molecule has 5 atom stereocenters. The molecule has 0 amide bonds. The first kappa shape index (κ1) is 34.2. The van der Waals surface area contributed by atoms with Crippen molar-refractivity contribution in [2.45, 2.75) is 43.0 Å². The summed E-state index contributed by atoms with van der Waals surface area (Å²) < 4.78 is 24.8. The lowest BCUT2D eigenvalue weighted by atomic mass is 10.4. The maximum absolute atomic E-state index is 12.1. The molecule has 0 saturated carbocycles. The van der Waals surface area contributed by atoms with Gasteiger partial charge in [0, 0.05) is 6.61 Å². The van der Waals surface area contributed by atoms with E-state index in [0.29, 0.717) is 0 Å². The Bertz CT molecular complexity index is 589. The van der Waals surface area contributed by atoms with E-state index in [9.17, 15) is 34.8 Å². The summed E-state index contributed by atoms with van der Waals surface area (Å²) in [5, 5.41) is 82.9. The molecular weight excluding hydrogens is 516 g/mol. The molecule has 0 rings (SSSR count). The lowest BCUT2D eigenvalue weighted by Gasteiger charge is -2.29. The number of hydrogen-bond donors (Lipinski definition) is 9. The van der Waals surface area contributed by atoms with Crippen LogP contribution in [0.1, 0.15) is 6.42 Å². The fraction of sp³-hybridized carbons (Fsp3) is 0.833. The highest BCUT2D eigenvalue weighted by molar-refractivity contribution is 6.65. The van der Waals surface area contributed by atoms with E-state index in [4.69, 9.17) is 48.3 Å². The Morgan fingerprint density at radius 3 is 1.36 bits per heavy atom. The molecule has 36 heavy (non-hydrogen) atoms. The topological polar surface area (TPSA) is 279 Å². The number of aliphatic hydroxyl groups excluding tert-OH is 9. The minimum atomic E-state index is -4.92. The van der Waals surface area contributed by atoms with E-state index >= 15 is 0 Å². The summed E-state index contributed by atoms with van der Waals surface area (Å²) in [4.78, 5) is 36.2. The predicted octanol–water partition coefficient (Wildman–Crippen LogP) is -6.25. The number of aliphatic hydroxyl groups is 9. The van der Waals surface area contributed by atoms with Crippen LogP contribution in [-0.4, -0.2) is 156 Å². The second-order valence-corrected chi connectivity index (χ2v) is 9.73. The van der Waals surface area contributed by atoms with Crippen molar-refractivity contribution >= 4 is 26.7 Å². The molecule has 0 aliphatic rings. The summed E-state index contributed by atoms with van der Waals surface area (Å²) in [7, 11) is -4.92. The third-order valence-corrected chi connectivity index (χ3v) is 6.52. The minimum Gasteiger partial charge on any atom is -0.453 e. The predicted molar refractivity (Wildman–Crippen MR) is 113 cm³/mol. The van der Waals surface area contributed by atoms with Gasteiger partial charge in [-0.2, -0.15) is 0 Å². The summed E-state index contributed by atoms with van der Waals surface area (Å²) in [6, 6.07) is -0.597. The zero-order chi connectivity index (χ0) is 27.7. The molecule has 9 N–H and O–H groups in total. The number of ether oxygens (including phenoxy) is 2. The molecule has 0 radical (unpaired) electrons. The van der Waals surface area contributed by atoms with Crippen LogP contribution in [0.5, 0.6) is 0 Å². The van der Waals surface area contributed by atoms with Gasteiger partial charge in [-0.05, 0) is 6.42 Å². The Morgan fingerprint density at radius 1 is 0.583 bits per heavy atom. The van der Waals surface area contributed by atoms with E-state index in [1.165, 1.54) is 0 Å². The van der Waals surface area contributed by atoms with Crippen molar-refractivity contribution in [3.63, 3.8) is 0 Å². The Balaban J connectivity index is 5.35. The van der Waals surface area contributed by atoms with Crippen molar-refractivity contribution in [3.05, 3.63) is 0 Å². The summed E-state index contributed by atoms with van der Waals surface area (Å²) in [6.45, 7) is -4.91. The van der Waals surface area contributed by atoms with Crippen LogP contribution < -0.4 is 0 Å². The molecular formula is C18H34O17Si. The molecule has 17 nitrogen and oxygen atoms in total. The standard InChI is InChI=1S/C18H34O17Si/c19-4-11(23)8-32-10-12(24)9-31-2-1-3-36(33-16(28)13(25)5-20,34-17(29)14(26)6-21)35-18(30)15(27)7-22/h11-15,19-27H,1-10H2. The SMILES string of the molecule is O=C(O[Si](CCCOCC(O)COCC(O)CO)(OC(=O)C(O)CO)OC(=O)C(O)CO)C(O)CO. The van der Waals surface area contributed by atoms with Gasteiger partial charge < -0.3 is 68.7 Å². The summed E-state index contributed by atoms with van der Waals surface area (Å²) in [6.07, 6.45) is -8.90. The third-order valence-electron chi connectivity index (χ3n) is 4.02. The minimum absolute atomic E-state index is 0.198. The molecule has 0 spiro atoms. The highest BCUT2D eigenvalue weighted by Crippen LogP contribution is 2.21. The monoisotopic (exact) mass is 550 g/mol. The second-order valence-electron chi connectivity index (χ2n) is 7.25. The zero-order valence-corrected chi connectivity index (χ0v) is 20.2. The molecule has 0 aromatic rings. The van der Waals surface area contributed by atoms with Gasteiger partial charge in [-0.15, -0.1) is 0 Å². The molecule has 0 saturated heterocycles. The Hall–Kier alpha value is -1.81. The van der Waals surface area contributed by atoms with Gasteiger partial charge in [-0.3, -0.25) is 14.4 Å². The highest BCUT2D eigenvalue weighted by atomic mass is 28.4. The Morgan fingerprint density at radius 2 is 0.972 bits per heavy atom. The fourth-order valence-electron chi connectivity index (χ4n) is 2.15. The number of carbonyl (C=O) groups excluding carboxylic acids is 3. The van der Waals surface area contributed by atoms with E-state index in [1.807, 2.05) is 0 Å². The number of hydrogen-bond acceptors (Lipinski definition) is 17. The molecule has 0 bridgehead atoms. The fourth-order valence-corrected chi connectivity index (χ4v) is 4.49. The molecule has 5 unspecified atom stereocenters. The maximum Gasteiger partial charge on any atom is 0.705 e. The normalized spacial score (nSPS) is 17.2. The quantitative estimate of drug-likeness (QED) is 0.0503. The van der Waals surface area contributed by atoms with Crippen LogP contribution in [0.4, 0.5) is 0 Å². The van der Waals surface area contributed by atoms with E-state index in [1.54, 1.807) is 0 Å². The van der Waals surface area contributed by atoms with Gasteiger partial charge in [0.2, 0.25) is 0 Å². The van der Waals surface area contributed by atoms with Crippen LogP contribution in [0.25, 0.3) is 0 Å². The summed E-state index contributed by atoms with van der Waals surface area (Å²) >= 11 is 0. The van der Waals surface area contributed by atoms with Crippen molar-refractivity contribution in [2.75, 3.05) is 52.9 Å². The maximum atomic E-state index is 12.1. The number of rotatable bonds is 20. The summed E-state index contributed by atoms with van der Waals surface area (Å²) in [5.41, 5.74) is 0. The average molecular weight is 551 g/mol. The van der Waals surface area contributed by atoms with E-state index < -0.39 is 89.7 Å². The van der Waals surface area contributed by atoms with Crippen LogP contribution in [0, 0.1) is 0 Å². The molecule has 0 aliphatic heterocycles. The first-order valence-corrected chi connectivity index (χ1v) is 12.6. The zero-order valence-electron chi connectivity index (χ0n) is 19.2. The van der Waals surface area contributed by atoms with Crippen molar-refractivity contribution in [3.8, 4) is 0 Å². The van der Waals surface area contributed by atoms with Crippen molar-refractivity contribution in [2.24, 2.45) is 0 Å². The lowest BCUT2D eigenvalue weighted by Crippen LogP contribution is -2.55.